The molecule has 1 aliphatic rings. The minimum atomic E-state index is -0.185. The van der Waals surface area contributed by atoms with E-state index >= 15 is 0 Å². The molecule has 2 nitrogen and oxygen atoms in total. The van der Waals surface area contributed by atoms with Crippen molar-refractivity contribution in [2.75, 3.05) is 0 Å². The van der Waals surface area contributed by atoms with Gasteiger partial charge in [0.2, 0.25) is 0 Å². The Balaban J connectivity index is 1.76. The molecule has 0 saturated heterocycles. The largest absolute Gasteiger partial charge is 0.472 e. The van der Waals surface area contributed by atoms with E-state index in [1.165, 1.54) is 38.5 Å². The molecule has 1 saturated carbocycles. The molecule has 1 heterocycles. The smallest absolute Gasteiger partial charge is 0.0935 e. The van der Waals surface area contributed by atoms with E-state index in [4.69, 9.17) is 4.42 Å². The topological polar surface area (TPSA) is 33.4 Å². The first-order valence-corrected chi connectivity index (χ1v) is 6.98. The summed E-state index contributed by atoms with van der Waals surface area (Å²) < 4.78 is 5.04. The standard InChI is InChI=1S/C15H24O2/c1-2-3-12-4-6-14(7-5-12)15(16)10-13-8-9-17-11-13/h8-9,11-12,14-16H,2-7,10H2,1H3. The molecular weight excluding hydrogens is 212 g/mol. The Kier molecular flexibility index (Phi) is 4.66. The predicted molar refractivity (Wildman–Crippen MR) is 68.8 cm³/mol. The lowest BCUT2D eigenvalue weighted by atomic mass is 9.77. The van der Waals surface area contributed by atoms with Gasteiger partial charge in [-0.05, 0) is 36.3 Å². The first kappa shape index (κ1) is 12.7. The van der Waals surface area contributed by atoms with E-state index in [1.807, 2.05) is 6.07 Å². The zero-order valence-electron chi connectivity index (χ0n) is 10.8. The molecule has 0 bridgehead atoms. The van der Waals surface area contributed by atoms with Crippen molar-refractivity contribution in [1.29, 1.82) is 0 Å². The number of rotatable bonds is 5. The zero-order valence-corrected chi connectivity index (χ0v) is 10.8. The predicted octanol–water partition coefficient (Wildman–Crippen LogP) is 3.79. The summed E-state index contributed by atoms with van der Waals surface area (Å²) in [5, 5.41) is 10.2. The summed E-state index contributed by atoms with van der Waals surface area (Å²) in [4.78, 5) is 0. The van der Waals surface area contributed by atoms with E-state index in [-0.39, 0.29) is 6.10 Å². The summed E-state index contributed by atoms with van der Waals surface area (Å²) in [5.74, 6) is 1.41. The highest BCUT2D eigenvalue weighted by atomic mass is 16.3. The van der Waals surface area contributed by atoms with Gasteiger partial charge in [0.1, 0.15) is 0 Å². The molecular formula is C15H24O2. The highest BCUT2D eigenvalue weighted by Crippen LogP contribution is 2.34. The molecule has 0 spiro atoms. The molecule has 96 valence electrons. The van der Waals surface area contributed by atoms with Crippen LogP contribution in [-0.2, 0) is 6.42 Å². The molecule has 2 heteroatoms. The molecule has 0 aromatic carbocycles. The molecule has 1 aromatic heterocycles. The van der Waals surface area contributed by atoms with Crippen molar-refractivity contribution in [3.8, 4) is 0 Å². The Morgan fingerprint density at radius 3 is 2.71 bits per heavy atom. The lowest BCUT2D eigenvalue weighted by Crippen LogP contribution is -2.27. The van der Waals surface area contributed by atoms with E-state index in [0.717, 1.165) is 17.9 Å². The van der Waals surface area contributed by atoms with Gasteiger partial charge in [0.25, 0.3) is 0 Å². The Hall–Kier alpha value is -0.760. The van der Waals surface area contributed by atoms with Gasteiger partial charge in [-0.15, -0.1) is 0 Å². The summed E-state index contributed by atoms with van der Waals surface area (Å²) in [6, 6.07) is 1.95. The van der Waals surface area contributed by atoms with Crippen molar-refractivity contribution in [3.63, 3.8) is 0 Å². The molecule has 0 radical (unpaired) electrons. The number of aliphatic hydroxyl groups is 1. The number of hydrogen-bond donors (Lipinski definition) is 1. The summed E-state index contributed by atoms with van der Waals surface area (Å²) >= 11 is 0. The quantitative estimate of drug-likeness (QED) is 0.843. The van der Waals surface area contributed by atoms with Crippen molar-refractivity contribution in [2.24, 2.45) is 11.8 Å². The van der Waals surface area contributed by atoms with Crippen LogP contribution in [0, 0.1) is 11.8 Å². The molecule has 17 heavy (non-hydrogen) atoms. The average Bonchev–Trinajstić information content (AvgIpc) is 2.83. The van der Waals surface area contributed by atoms with Gasteiger partial charge in [-0.25, -0.2) is 0 Å². The number of hydrogen-bond acceptors (Lipinski definition) is 2. The van der Waals surface area contributed by atoms with Gasteiger partial charge in [0.15, 0.2) is 0 Å². The van der Waals surface area contributed by atoms with E-state index < -0.39 is 0 Å². The fraction of sp³-hybridized carbons (Fsp3) is 0.733. The van der Waals surface area contributed by atoms with Crippen molar-refractivity contribution in [2.45, 2.75) is 58.0 Å². The SMILES string of the molecule is CCCC1CCC(C(O)Cc2ccoc2)CC1. The second-order valence-electron chi connectivity index (χ2n) is 5.47. The molecule has 1 N–H and O–H groups in total. The van der Waals surface area contributed by atoms with Gasteiger partial charge in [0, 0.05) is 6.42 Å². The molecule has 0 amide bonds. The minimum absolute atomic E-state index is 0.185. The van der Waals surface area contributed by atoms with E-state index in [1.54, 1.807) is 12.5 Å². The van der Waals surface area contributed by atoms with Gasteiger partial charge in [-0.3, -0.25) is 0 Å². The average molecular weight is 236 g/mol. The van der Waals surface area contributed by atoms with Crippen LogP contribution in [0.3, 0.4) is 0 Å². The summed E-state index contributed by atoms with van der Waals surface area (Å²) in [7, 11) is 0. The maximum absolute atomic E-state index is 10.2. The summed E-state index contributed by atoms with van der Waals surface area (Å²) in [6.45, 7) is 2.26. The van der Waals surface area contributed by atoms with Crippen molar-refractivity contribution in [3.05, 3.63) is 24.2 Å². The Morgan fingerprint density at radius 1 is 1.35 bits per heavy atom. The van der Waals surface area contributed by atoms with Crippen molar-refractivity contribution >= 4 is 0 Å². The van der Waals surface area contributed by atoms with E-state index in [9.17, 15) is 5.11 Å². The molecule has 1 unspecified atom stereocenters. The Bertz CT molecular complexity index is 297. The fourth-order valence-corrected chi connectivity index (χ4v) is 3.09. The third kappa shape index (κ3) is 3.60. The lowest BCUT2D eigenvalue weighted by molar-refractivity contribution is 0.0727. The van der Waals surface area contributed by atoms with Crippen LogP contribution in [0.4, 0.5) is 0 Å². The van der Waals surface area contributed by atoms with Crippen LogP contribution in [0.25, 0.3) is 0 Å². The lowest BCUT2D eigenvalue weighted by Gasteiger charge is -2.31. The Morgan fingerprint density at radius 2 is 2.12 bits per heavy atom. The third-order valence-electron chi connectivity index (χ3n) is 4.16. The van der Waals surface area contributed by atoms with Crippen molar-refractivity contribution < 1.29 is 9.52 Å². The highest BCUT2D eigenvalue weighted by molar-refractivity contribution is 5.07. The summed E-state index contributed by atoms with van der Waals surface area (Å²) in [6.07, 6.45) is 11.7. The van der Waals surface area contributed by atoms with Crippen LogP contribution in [0.5, 0.6) is 0 Å². The second kappa shape index (κ2) is 6.25. The molecule has 2 rings (SSSR count). The number of furan rings is 1. The van der Waals surface area contributed by atoms with Crippen LogP contribution in [0.1, 0.15) is 51.0 Å². The van der Waals surface area contributed by atoms with Gasteiger partial charge in [-0.2, -0.15) is 0 Å². The minimum Gasteiger partial charge on any atom is -0.472 e. The van der Waals surface area contributed by atoms with Gasteiger partial charge < -0.3 is 9.52 Å². The molecule has 1 atom stereocenters. The second-order valence-corrected chi connectivity index (χ2v) is 5.47. The van der Waals surface area contributed by atoms with Gasteiger partial charge in [0.05, 0.1) is 18.6 Å². The fourth-order valence-electron chi connectivity index (χ4n) is 3.09. The van der Waals surface area contributed by atoms with Gasteiger partial charge >= 0.3 is 0 Å². The summed E-state index contributed by atoms with van der Waals surface area (Å²) in [5.41, 5.74) is 1.12. The maximum Gasteiger partial charge on any atom is 0.0935 e. The van der Waals surface area contributed by atoms with E-state index in [2.05, 4.69) is 6.92 Å². The van der Waals surface area contributed by atoms with Crippen LogP contribution < -0.4 is 0 Å². The van der Waals surface area contributed by atoms with Gasteiger partial charge in [-0.1, -0.05) is 32.6 Å². The molecule has 1 fully saturated rings. The monoisotopic (exact) mass is 236 g/mol. The third-order valence-corrected chi connectivity index (χ3v) is 4.16. The molecule has 0 aliphatic heterocycles. The van der Waals surface area contributed by atoms with Crippen molar-refractivity contribution in [1.82, 2.24) is 0 Å². The molecule has 1 aliphatic carbocycles. The van der Waals surface area contributed by atoms with Crippen LogP contribution >= 0.6 is 0 Å². The normalized spacial score (nSPS) is 26.9. The first-order valence-electron chi connectivity index (χ1n) is 6.98. The van der Waals surface area contributed by atoms with Crippen LogP contribution in [0.15, 0.2) is 23.0 Å². The number of aliphatic hydroxyl groups excluding tert-OH is 1. The molecule has 1 aromatic rings. The maximum atomic E-state index is 10.2. The zero-order chi connectivity index (χ0) is 12.1. The van der Waals surface area contributed by atoms with E-state index in [0.29, 0.717) is 5.92 Å². The first-order chi connectivity index (χ1) is 8.29. The highest BCUT2D eigenvalue weighted by Gasteiger charge is 2.26. The Labute approximate surface area is 104 Å². The van der Waals surface area contributed by atoms with Crippen LogP contribution in [0.2, 0.25) is 0 Å². The van der Waals surface area contributed by atoms with Crippen LogP contribution in [-0.4, -0.2) is 11.2 Å².